The maximum Gasteiger partial charge on any atom is 0.339 e. The average molecular weight is 584 g/mol. The highest BCUT2D eigenvalue weighted by Crippen LogP contribution is 2.29. The van der Waals surface area contributed by atoms with Gasteiger partial charge in [0.25, 0.3) is 5.69 Å². The summed E-state index contributed by atoms with van der Waals surface area (Å²) in [5.41, 5.74) is 11.1. The molecule has 0 unspecified atom stereocenters. The van der Waals surface area contributed by atoms with Gasteiger partial charge in [0, 0.05) is 30.2 Å². The molecule has 0 saturated heterocycles. The first kappa shape index (κ1) is 30.4. The van der Waals surface area contributed by atoms with Crippen LogP contribution >= 0.6 is 0 Å². The van der Waals surface area contributed by atoms with Crippen LogP contribution in [-0.4, -0.2) is 28.1 Å². The minimum Gasteiger partial charge on any atom is -0.489 e. The van der Waals surface area contributed by atoms with E-state index in [1.165, 1.54) is 12.1 Å². The molecule has 0 saturated carbocycles. The number of primary amides is 1. The topological polar surface area (TPSA) is 174 Å². The lowest BCUT2D eigenvalue weighted by Crippen LogP contribution is -2.59. The number of nitrogens with two attached hydrogens (primary N) is 2. The number of nitro groups is 1. The zero-order chi connectivity index (χ0) is 30.8. The van der Waals surface area contributed by atoms with Gasteiger partial charge in [-0.1, -0.05) is 66.7 Å². The number of hydrogen-bond donors (Lipinski definition) is 2. The molecule has 0 aliphatic carbocycles. The van der Waals surface area contributed by atoms with E-state index < -0.39 is 41.0 Å². The van der Waals surface area contributed by atoms with E-state index in [1.807, 2.05) is 60.7 Å². The van der Waals surface area contributed by atoms with Gasteiger partial charge in [-0.15, -0.1) is 0 Å². The van der Waals surface area contributed by atoms with Gasteiger partial charge in [-0.3, -0.25) is 19.7 Å². The van der Waals surface area contributed by atoms with Crippen LogP contribution in [0.5, 0.6) is 17.2 Å². The standard InChI is InChI=1S/C32H29N3O8/c33-30(37)19-32(34,31(38)43-26-15-12-25(13-16-26)35(39)40)29(36)17-24-11-14-27(41-20-22-7-3-1-4-8-22)18-28(24)42-21-23-9-5-2-6-10-23/h1-16,18H,17,19-21,34H2,(H2,33,37)/t32-/m1/s1. The van der Waals surface area contributed by atoms with E-state index in [2.05, 4.69) is 0 Å². The zero-order valence-corrected chi connectivity index (χ0v) is 23.0. The van der Waals surface area contributed by atoms with Crippen LogP contribution in [0.25, 0.3) is 0 Å². The highest BCUT2D eigenvalue weighted by molar-refractivity contribution is 6.12. The Hall–Kier alpha value is -5.55. The SMILES string of the molecule is NC(=O)C[C@@](N)(C(=O)Cc1ccc(OCc2ccccc2)cc1OCc1ccccc1)C(=O)Oc1ccc([N+](=O)[O-])cc1. The Morgan fingerprint density at radius 3 is 1.88 bits per heavy atom. The second-order valence-electron chi connectivity index (χ2n) is 9.67. The molecule has 0 heterocycles. The number of amides is 1. The number of nitro benzene ring substituents is 1. The van der Waals surface area contributed by atoms with Crippen molar-refractivity contribution in [2.75, 3.05) is 0 Å². The molecule has 4 aromatic rings. The second kappa shape index (κ2) is 13.9. The lowest BCUT2D eigenvalue weighted by Gasteiger charge is -2.25. The lowest BCUT2D eigenvalue weighted by atomic mass is 9.87. The van der Waals surface area contributed by atoms with Gasteiger partial charge in [0.05, 0.1) is 11.3 Å². The van der Waals surface area contributed by atoms with Crippen LogP contribution in [0.4, 0.5) is 5.69 Å². The van der Waals surface area contributed by atoms with E-state index in [1.54, 1.807) is 18.2 Å². The maximum absolute atomic E-state index is 13.6. The van der Waals surface area contributed by atoms with Crippen molar-refractivity contribution >= 4 is 23.3 Å². The summed E-state index contributed by atoms with van der Waals surface area (Å²) in [4.78, 5) is 48.9. The van der Waals surface area contributed by atoms with E-state index in [9.17, 15) is 24.5 Å². The molecule has 11 nitrogen and oxygen atoms in total. The number of hydrogen-bond acceptors (Lipinski definition) is 9. The molecule has 4 rings (SSSR count). The summed E-state index contributed by atoms with van der Waals surface area (Å²) in [6.45, 7) is 0.484. The third-order valence-electron chi connectivity index (χ3n) is 6.45. The third-order valence-corrected chi connectivity index (χ3v) is 6.45. The number of benzene rings is 4. The number of Topliss-reactive ketones (excluding diaryl/α,β-unsaturated/α-hetero) is 1. The van der Waals surface area contributed by atoms with Gasteiger partial charge < -0.3 is 25.7 Å². The van der Waals surface area contributed by atoms with E-state index in [-0.39, 0.29) is 18.0 Å². The van der Waals surface area contributed by atoms with Gasteiger partial charge in [0.15, 0.2) is 11.3 Å². The van der Waals surface area contributed by atoms with Gasteiger partial charge in [-0.25, -0.2) is 4.79 Å². The first-order valence-electron chi connectivity index (χ1n) is 13.2. The number of non-ortho nitro benzene ring substituents is 1. The number of carbonyl (C=O) groups excluding carboxylic acids is 3. The Balaban J connectivity index is 1.57. The van der Waals surface area contributed by atoms with E-state index in [4.69, 9.17) is 25.7 Å². The van der Waals surface area contributed by atoms with Crippen molar-refractivity contribution < 1.29 is 33.5 Å². The fourth-order valence-corrected chi connectivity index (χ4v) is 4.11. The van der Waals surface area contributed by atoms with Crippen molar-refractivity contribution in [3.8, 4) is 17.2 Å². The number of ether oxygens (including phenoxy) is 3. The van der Waals surface area contributed by atoms with Crippen LogP contribution in [0.2, 0.25) is 0 Å². The first-order chi connectivity index (χ1) is 20.6. The molecule has 11 heteroatoms. The van der Waals surface area contributed by atoms with Crippen molar-refractivity contribution in [1.29, 1.82) is 0 Å². The highest BCUT2D eigenvalue weighted by atomic mass is 16.6. The normalized spacial score (nSPS) is 12.0. The third kappa shape index (κ3) is 8.24. The Labute approximate surface area is 247 Å². The second-order valence-corrected chi connectivity index (χ2v) is 9.67. The molecule has 0 radical (unpaired) electrons. The molecule has 220 valence electrons. The average Bonchev–Trinajstić information content (AvgIpc) is 3.00. The molecule has 0 aliphatic heterocycles. The minimum atomic E-state index is -2.44. The fourth-order valence-electron chi connectivity index (χ4n) is 4.11. The van der Waals surface area contributed by atoms with Crippen LogP contribution in [-0.2, 0) is 34.0 Å². The van der Waals surface area contributed by atoms with Crippen molar-refractivity contribution in [3.05, 3.63) is 130 Å². The van der Waals surface area contributed by atoms with Gasteiger partial charge >= 0.3 is 5.97 Å². The van der Waals surface area contributed by atoms with Gasteiger partial charge in [-0.05, 0) is 29.3 Å². The molecule has 0 aromatic heterocycles. The quantitative estimate of drug-likeness (QED) is 0.0730. The molecule has 0 spiro atoms. The largest absolute Gasteiger partial charge is 0.489 e. The summed E-state index contributed by atoms with van der Waals surface area (Å²) in [5.74, 6) is -2.39. The molecule has 1 atom stereocenters. The van der Waals surface area contributed by atoms with Gasteiger partial charge in [0.2, 0.25) is 5.91 Å². The molecule has 43 heavy (non-hydrogen) atoms. The van der Waals surface area contributed by atoms with E-state index in [0.717, 1.165) is 23.3 Å². The molecular weight excluding hydrogens is 554 g/mol. The van der Waals surface area contributed by atoms with Crippen molar-refractivity contribution in [1.82, 2.24) is 0 Å². The predicted molar refractivity (Wildman–Crippen MR) is 156 cm³/mol. The van der Waals surface area contributed by atoms with Gasteiger partial charge in [0.1, 0.15) is 30.5 Å². The van der Waals surface area contributed by atoms with Gasteiger partial charge in [-0.2, -0.15) is 0 Å². The fraction of sp³-hybridized carbons (Fsp3) is 0.156. The van der Waals surface area contributed by atoms with Crippen LogP contribution in [0.3, 0.4) is 0 Å². The van der Waals surface area contributed by atoms with Crippen molar-refractivity contribution in [2.45, 2.75) is 31.6 Å². The molecule has 4 N–H and O–H groups in total. The number of rotatable bonds is 14. The summed E-state index contributed by atoms with van der Waals surface area (Å²) in [7, 11) is 0. The van der Waals surface area contributed by atoms with E-state index in [0.29, 0.717) is 23.7 Å². The Kier molecular flexibility index (Phi) is 9.82. The van der Waals surface area contributed by atoms with Crippen LogP contribution in [0.15, 0.2) is 103 Å². The summed E-state index contributed by atoms with van der Waals surface area (Å²) in [5, 5.41) is 10.9. The first-order valence-corrected chi connectivity index (χ1v) is 13.2. The predicted octanol–water partition coefficient (Wildman–Crippen LogP) is 4.04. The number of esters is 1. The van der Waals surface area contributed by atoms with Crippen molar-refractivity contribution in [3.63, 3.8) is 0 Å². The summed E-state index contributed by atoms with van der Waals surface area (Å²) >= 11 is 0. The Bertz CT molecular complexity index is 1590. The lowest BCUT2D eigenvalue weighted by molar-refractivity contribution is -0.384. The molecule has 0 fully saturated rings. The number of ketones is 1. The van der Waals surface area contributed by atoms with Crippen molar-refractivity contribution in [2.24, 2.45) is 11.5 Å². The molecule has 4 aromatic carbocycles. The number of nitrogens with zero attached hydrogens (tertiary/aromatic N) is 1. The van der Waals surface area contributed by atoms with E-state index >= 15 is 0 Å². The minimum absolute atomic E-state index is 0.102. The van der Waals surface area contributed by atoms with Crippen LogP contribution < -0.4 is 25.7 Å². The number of carbonyl (C=O) groups is 3. The smallest absolute Gasteiger partial charge is 0.339 e. The van der Waals surface area contributed by atoms with Crippen LogP contribution in [0.1, 0.15) is 23.1 Å². The van der Waals surface area contributed by atoms with Crippen LogP contribution in [0, 0.1) is 10.1 Å². The monoisotopic (exact) mass is 583 g/mol. The Morgan fingerprint density at radius 2 is 1.33 bits per heavy atom. The maximum atomic E-state index is 13.6. The zero-order valence-electron chi connectivity index (χ0n) is 23.0. The molecule has 0 bridgehead atoms. The summed E-state index contributed by atoms with van der Waals surface area (Å²) < 4.78 is 17.2. The highest BCUT2D eigenvalue weighted by Gasteiger charge is 2.45. The molecular formula is C32H29N3O8. The summed E-state index contributed by atoms with van der Waals surface area (Å²) in [6, 6.07) is 28.4. The molecule has 1 amide bonds. The molecule has 0 aliphatic rings. The Morgan fingerprint density at radius 1 is 0.767 bits per heavy atom. The summed E-state index contributed by atoms with van der Waals surface area (Å²) in [6.07, 6.45) is -1.22.